The van der Waals surface area contributed by atoms with Crippen molar-refractivity contribution in [2.75, 3.05) is 5.32 Å². The van der Waals surface area contributed by atoms with Gasteiger partial charge in [-0.05, 0) is 68.4 Å². The van der Waals surface area contributed by atoms with Gasteiger partial charge in [0.25, 0.3) is 5.91 Å². The summed E-state index contributed by atoms with van der Waals surface area (Å²) in [5.74, 6) is 0.301. The maximum absolute atomic E-state index is 12.6. The van der Waals surface area contributed by atoms with Crippen LogP contribution in [0.1, 0.15) is 23.0 Å². The molecule has 0 saturated heterocycles. The summed E-state index contributed by atoms with van der Waals surface area (Å²) in [6, 6.07) is 21.8. The molecular formula is C25H20BrNO5. The summed E-state index contributed by atoms with van der Waals surface area (Å²) in [7, 11) is 0. The number of anilines is 1. The molecule has 7 heteroatoms. The van der Waals surface area contributed by atoms with Gasteiger partial charge in [0.1, 0.15) is 17.1 Å². The third kappa shape index (κ3) is 4.84. The van der Waals surface area contributed by atoms with Gasteiger partial charge in [-0.15, -0.1) is 0 Å². The van der Waals surface area contributed by atoms with Crippen molar-refractivity contribution in [1.82, 2.24) is 0 Å². The number of aryl methyl sites for hydroxylation is 1. The highest BCUT2D eigenvalue weighted by molar-refractivity contribution is 9.10. The molecule has 1 atom stereocenters. The topological polar surface area (TPSA) is 77.8 Å². The number of rotatable bonds is 6. The van der Waals surface area contributed by atoms with Gasteiger partial charge < -0.3 is 19.2 Å². The van der Waals surface area contributed by atoms with Gasteiger partial charge in [-0.3, -0.25) is 4.79 Å². The van der Waals surface area contributed by atoms with Crippen molar-refractivity contribution in [3.05, 3.63) is 88.6 Å². The normalized spacial score (nSPS) is 11.7. The first kappa shape index (κ1) is 21.6. The Hall–Kier alpha value is -3.58. The Morgan fingerprint density at radius 2 is 1.66 bits per heavy atom. The number of furan rings is 1. The molecule has 0 aliphatic rings. The minimum atomic E-state index is -1.01. The van der Waals surface area contributed by atoms with E-state index in [-0.39, 0.29) is 5.76 Å². The second-order valence-electron chi connectivity index (χ2n) is 7.17. The van der Waals surface area contributed by atoms with Gasteiger partial charge in [-0.25, -0.2) is 4.79 Å². The van der Waals surface area contributed by atoms with Crippen LogP contribution in [0.15, 0.2) is 81.7 Å². The monoisotopic (exact) mass is 493 g/mol. The summed E-state index contributed by atoms with van der Waals surface area (Å²) in [5.41, 5.74) is 1.79. The quantitative estimate of drug-likeness (QED) is 0.311. The number of para-hydroxylation sites is 1. The second kappa shape index (κ2) is 9.28. The predicted molar refractivity (Wildman–Crippen MR) is 125 cm³/mol. The van der Waals surface area contributed by atoms with Crippen molar-refractivity contribution in [1.29, 1.82) is 0 Å². The van der Waals surface area contributed by atoms with Crippen molar-refractivity contribution >= 4 is 44.5 Å². The highest BCUT2D eigenvalue weighted by Crippen LogP contribution is 2.29. The second-order valence-corrected chi connectivity index (χ2v) is 8.09. The molecule has 1 aromatic heterocycles. The zero-order valence-corrected chi connectivity index (χ0v) is 19.0. The van der Waals surface area contributed by atoms with Crippen LogP contribution < -0.4 is 10.1 Å². The lowest BCUT2D eigenvalue weighted by molar-refractivity contribution is -0.123. The highest BCUT2D eigenvalue weighted by Gasteiger charge is 2.24. The fraction of sp³-hybridized carbons (Fsp3) is 0.120. The first-order chi connectivity index (χ1) is 15.4. The van der Waals surface area contributed by atoms with Crippen molar-refractivity contribution in [2.45, 2.75) is 20.0 Å². The van der Waals surface area contributed by atoms with E-state index in [1.807, 2.05) is 42.5 Å². The van der Waals surface area contributed by atoms with Crippen LogP contribution in [-0.4, -0.2) is 18.0 Å². The van der Waals surface area contributed by atoms with Gasteiger partial charge in [-0.1, -0.05) is 34.1 Å². The largest absolute Gasteiger partial charge is 0.457 e. The number of carbonyl (C=O) groups is 2. The average Bonchev–Trinajstić information content (AvgIpc) is 3.11. The Bertz CT molecular complexity index is 1260. The fourth-order valence-electron chi connectivity index (χ4n) is 3.13. The SMILES string of the molecule is Cc1c(C(=O)OC(C)C(=O)Nc2ccc(Oc3ccccc3)cc2)oc2ccc(Br)cc12. The first-order valence-electron chi connectivity index (χ1n) is 9.94. The molecule has 0 aliphatic carbocycles. The van der Waals surface area contributed by atoms with E-state index in [1.165, 1.54) is 6.92 Å². The molecule has 4 rings (SSSR count). The molecule has 162 valence electrons. The number of halogens is 1. The molecule has 0 radical (unpaired) electrons. The van der Waals surface area contributed by atoms with E-state index in [2.05, 4.69) is 21.2 Å². The zero-order chi connectivity index (χ0) is 22.7. The number of nitrogens with one attached hydrogen (secondary N) is 1. The Labute approximate surface area is 193 Å². The molecule has 4 aromatic rings. The number of ether oxygens (including phenoxy) is 2. The molecule has 1 amide bonds. The zero-order valence-electron chi connectivity index (χ0n) is 17.4. The van der Waals surface area contributed by atoms with Gasteiger partial charge in [-0.2, -0.15) is 0 Å². The Kier molecular flexibility index (Phi) is 6.28. The third-order valence-electron chi connectivity index (χ3n) is 4.84. The Balaban J connectivity index is 1.37. The Morgan fingerprint density at radius 1 is 0.969 bits per heavy atom. The van der Waals surface area contributed by atoms with E-state index in [9.17, 15) is 9.59 Å². The molecule has 1 unspecified atom stereocenters. The molecule has 0 spiro atoms. The van der Waals surface area contributed by atoms with Crippen molar-refractivity contribution < 1.29 is 23.5 Å². The van der Waals surface area contributed by atoms with Crippen LogP contribution in [0.5, 0.6) is 11.5 Å². The van der Waals surface area contributed by atoms with Crippen LogP contribution >= 0.6 is 15.9 Å². The molecule has 6 nitrogen and oxygen atoms in total. The van der Waals surface area contributed by atoms with E-state index >= 15 is 0 Å². The molecule has 1 heterocycles. The van der Waals surface area contributed by atoms with Crippen LogP contribution in [0.4, 0.5) is 5.69 Å². The summed E-state index contributed by atoms with van der Waals surface area (Å²) < 4.78 is 17.6. The minimum absolute atomic E-state index is 0.0835. The van der Waals surface area contributed by atoms with Crippen molar-refractivity contribution in [2.24, 2.45) is 0 Å². The molecule has 0 fully saturated rings. The number of hydrogen-bond donors (Lipinski definition) is 1. The molecule has 3 aromatic carbocycles. The van der Waals surface area contributed by atoms with E-state index in [0.29, 0.717) is 22.6 Å². The summed E-state index contributed by atoms with van der Waals surface area (Å²) in [6.45, 7) is 3.29. The lowest BCUT2D eigenvalue weighted by atomic mass is 10.1. The maximum atomic E-state index is 12.6. The van der Waals surface area contributed by atoms with Gasteiger partial charge in [0.15, 0.2) is 6.10 Å². The molecule has 32 heavy (non-hydrogen) atoms. The summed E-state index contributed by atoms with van der Waals surface area (Å²) >= 11 is 3.41. The van der Waals surface area contributed by atoms with Gasteiger partial charge in [0.2, 0.25) is 5.76 Å². The number of fused-ring (bicyclic) bond motifs is 1. The molecular weight excluding hydrogens is 474 g/mol. The van der Waals surface area contributed by atoms with Crippen LogP contribution in [0.3, 0.4) is 0 Å². The third-order valence-corrected chi connectivity index (χ3v) is 5.33. The van der Waals surface area contributed by atoms with Crippen LogP contribution in [0.2, 0.25) is 0 Å². The minimum Gasteiger partial charge on any atom is -0.457 e. The first-order valence-corrected chi connectivity index (χ1v) is 10.7. The smallest absolute Gasteiger partial charge is 0.375 e. The standard InChI is InChI=1S/C25H20BrNO5/c1-15-21-14-17(26)8-13-22(21)32-23(15)25(29)30-16(2)24(28)27-18-9-11-20(12-10-18)31-19-6-4-3-5-7-19/h3-14,16H,1-2H3,(H,27,28). The molecule has 0 aliphatic heterocycles. The van der Waals surface area contributed by atoms with Crippen LogP contribution in [0, 0.1) is 6.92 Å². The van der Waals surface area contributed by atoms with Crippen LogP contribution in [0.25, 0.3) is 11.0 Å². The maximum Gasteiger partial charge on any atom is 0.375 e. The number of amides is 1. The molecule has 0 saturated carbocycles. The average molecular weight is 494 g/mol. The predicted octanol–water partition coefficient (Wildman–Crippen LogP) is 6.48. The fourth-order valence-corrected chi connectivity index (χ4v) is 3.49. The molecule has 1 N–H and O–H groups in total. The highest BCUT2D eigenvalue weighted by atomic mass is 79.9. The lowest BCUT2D eigenvalue weighted by Crippen LogP contribution is -2.30. The lowest BCUT2D eigenvalue weighted by Gasteiger charge is -2.13. The van der Waals surface area contributed by atoms with Crippen molar-refractivity contribution in [3.63, 3.8) is 0 Å². The van der Waals surface area contributed by atoms with E-state index < -0.39 is 18.0 Å². The summed E-state index contributed by atoms with van der Waals surface area (Å²) in [5, 5.41) is 3.54. The summed E-state index contributed by atoms with van der Waals surface area (Å²) in [4.78, 5) is 25.1. The van der Waals surface area contributed by atoms with Crippen molar-refractivity contribution in [3.8, 4) is 11.5 Å². The van der Waals surface area contributed by atoms with Crippen LogP contribution in [-0.2, 0) is 9.53 Å². The molecule has 0 bridgehead atoms. The number of hydrogen-bond acceptors (Lipinski definition) is 5. The number of esters is 1. The Morgan fingerprint density at radius 3 is 2.38 bits per heavy atom. The van der Waals surface area contributed by atoms with E-state index in [4.69, 9.17) is 13.9 Å². The van der Waals surface area contributed by atoms with Gasteiger partial charge in [0.05, 0.1) is 0 Å². The number of carbonyl (C=O) groups excluding carboxylic acids is 2. The van der Waals surface area contributed by atoms with E-state index in [1.54, 1.807) is 37.3 Å². The number of benzene rings is 3. The van der Waals surface area contributed by atoms with Gasteiger partial charge >= 0.3 is 5.97 Å². The van der Waals surface area contributed by atoms with E-state index in [0.717, 1.165) is 15.6 Å². The summed E-state index contributed by atoms with van der Waals surface area (Å²) in [6.07, 6.45) is -1.01. The van der Waals surface area contributed by atoms with Gasteiger partial charge in [0, 0.05) is 21.1 Å².